The zero-order valence-electron chi connectivity index (χ0n) is 17.7. The van der Waals surface area contributed by atoms with Crippen LogP contribution in [0.4, 0.5) is 20.2 Å². The Morgan fingerprint density at radius 3 is 2.16 bits per heavy atom. The van der Waals surface area contributed by atoms with Crippen LogP contribution in [0.2, 0.25) is 0 Å². The number of carbonyl (C=O) groups excluding carboxylic acids is 2. The van der Waals surface area contributed by atoms with Gasteiger partial charge in [0.1, 0.15) is 11.4 Å². The summed E-state index contributed by atoms with van der Waals surface area (Å²) in [4.78, 5) is 27.8. The van der Waals surface area contributed by atoms with Gasteiger partial charge in [0.25, 0.3) is 11.8 Å². The maximum Gasteiger partial charge on any atom is 0.282 e. The number of anilines is 2. The fourth-order valence-electron chi connectivity index (χ4n) is 3.49. The van der Waals surface area contributed by atoms with E-state index in [9.17, 15) is 18.4 Å². The molecule has 0 saturated carbocycles. The fraction of sp³-hybridized carbons (Fsp3) is 0.120. The number of imide groups is 1. The molecule has 3 aromatic rings. The van der Waals surface area contributed by atoms with Crippen molar-refractivity contribution in [3.8, 4) is 5.75 Å². The molecule has 0 saturated heterocycles. The van der Waals surface area contributed by atoms with E-state index >= 15 is 0 Å². The van der Waals surface area contributed by atoms with E-state index in [0.717, 1.165) is 28.2 Å². The molecule has 1 aliphatic heterocycles. The SMILES string of the molecule is COc1ccc(N2C(=O)C(Nc3ccc(F)c(F)c3)=C(c3ccc(C)c(C)c3)C2=O)cc1. The van der Waals surface area contributed by atoms with Crippen molar-refractivity contribution >= 4 is 28.8 Å². The molecule has 1 N–H and O–H groups in total. The summed E-state index contributed by atoms with van der Waals surface area (Å²) in [6.45, 7) is 3.85. The summed E-state index contributed by atoms with van der Waals surface area (Å²) in [5, 5.41) is 2.83. The van der Waals surface area contributed by atoms with Gasteiger partial charge in [0.2, 0.25) is 0 Å². The third kappa shape index (κ3) is 3.73. The first kappa shape index (κ1) is 21.2. The van der Waals surface area contributed by atoms with Crippen LogP contribution < -0.4 is 15.0 Å². The minimum absolute atomic E-state index is 0.0138. The van der Waals surface area contributed by atoms with Gasteiger partial charge in [-0.3, -0.25) is 9.59 Å². The topological polar surface area (TPSA) is 58.6 Å². The van der Waals surface area contributed by atoms with Crippen molar-refractivity contribution in [2.24, 2.45) is 0 Å². The summed E-state index contributed by atoms with van der Waals surface area (Å²) in [5.74, 6) is -2.61. The molecule has 0 fully saturated rings. The van der Waals surface area contributed by atoms with E-state index in [1.54, 1.807) is 30.3 Å². The van der Waals surface area contributed by atoms with Crippen molar-refractivity contribution in [3.63, 3.8) is 0 Å². The number of rotatable bonds is 5. The smallest absolute Gasteiger partial charge is 0.282 e. The Balaban J connectivity index is 1.82. The van der Waals surface area contributed by atoms with E-state index in [2.05, 4.69) is 5.32 Å². The van der Waals surface area contributed by atoms with Crippen molar-refractivity contribution in [2.45, 2.75) is 13.8 Å². The number of nitrogens with one attached hydrogen (secondary N) is 1. The van der Waals surface area contributed by atoms with Crippen LogP contribution in [0.15, 0.2) is 66.4 Å². The summed E-state index contributed by atoms with van der Waals surface area (Å²) in [6, 6.07) is 15.1. The molecular weight excluding hydrogens is 414 g/mol. The Bertz CT molecular complexity index is 1270. The molecule has 32 heavy (non-hydrogen) atoms. The van der Waals surface area contributed by atoms with E-state index in [0.29, 0.717) is 17.0 Å². The Labute approximate surface area is 183 Å². The van der Waals surface area contributed by atoms with E-state index in [1.165, 1.54) is 13.2 Å². The first-order valence-electron chi connectivity index (χ1n) is 9.87. The maximum atomic E-state index is 13.8. The first-order chi connectivity index (χ1) is 15.3. The normalized spacial score (nSPS) is 13.7. The Morgan fingerprint density at radius 1 is 0.812 bits per heavy atom. The van der Waals surface area contributed by atoms with Gasteiger partial charge in [-0.15, -0.1) is 0 Å². The second-order valence-electron chi connectivity index (χ2n) is 7.45. The van der Waals surface area contributed by atoms with Gasteiger partial charge < -0.3 is 10.1 Å². The van der Waals surface area contributed by atoms with Crippen molar-refractivity contribution in [2.75, 3.05) is 17.3 Å². The lowest BCUT2D eigenvalue weighted by Crippen LogP contribution is -2.32. The highest BCUT2D eigenvalue weighted by Gasteiger charge is 2.40. The molecule has 1 heterocycles. The molecule has 0 radical (unpaired) electrons. The second-order valence-corrected chi connectivity index (χ2v) is 7.45. The zero-order valence-corrected chi connectivity index (χ0v) is 17.7. The van der Waals surface area contributed by atoms with E-state index in [4.69, 9.17) is 4.74 Å². The minimum atomic E-state index is -1.06. The summed E-state index contributed by atoms with van der Waals surface area (Å²) in [6.07, 6.45) is 0. The van der Waals surface area contributed by atoms with Gasteiger partial charge in [-0.1, -0.05) is 18.2 Å². The van der Waals surface area contributed by atoms with Crippen molar-refractivity contribution in [1.29, 1.82) is 0 Å². The molecule has 5 nitrogen and oxygen atoms in total. The van der Waals surface area contributed by atoms with Crippen LogP contribution in [-0.2, 0) is 9.59 Å². The van der Waals surface area contributed by atoms with Crippen molar-refractivity contribution in [1.82, 2.24) is 0 Å². The van der Waals surface area contributed by atoms with E-state index < -0.39 is 23.4 Å². The lowest BCUT2D eigenvalue weighted by atomic mass is 9.99. The number of methoxy groups -OCH3 is 1. The molecule has 1 aliphatic rings. The highest BCUT2D eigenvalue weighted by atomic mass is 19.2. The van der Waals surface area contributed by atoms with E-state index in [1.807, 2.05) is 26.0 Å². The van der Waals surface area contributed by atoms with Gasteiger partial charge in [0, 0.05) is 11.8 Å². The number of hydrogen-bond acceptors (Lipinski definition) is 4. The summed E-state index contributed by atoms with van der Waals surface area (Å²) < 4.78 is 32.3. The van der Waals surface area contributed by atoms with Gasteiger partial charge in [-0.05, 0) is 66.9 Å². The number of nitrogens with zero attached hydrogens (tertiary/aromatic N) is 1. The predicted octanol–water partition coefficient (Wildman–Crippen LogP) is 4.99. The molecule has 0 unspecified atom stereocenters. The number of aryl methyl sites for hydroxylation is 2. The molecule has 0 atom stereocenters. The monoisotopic (exact) mass is 434 g/mol. The van der Waals surface area contributed by atoms with Crippen LogP contribution in [0.25, 0.3) is 5.57 Å². The van der Waals surface area contributed by atoms with Crippen LogP contribution in [0.1, 0.15) is 16.7 Å². The second kappa shape index (κ2) is 8.26. The number of benzene rings is 3. The van der Waals surface area contributed by atoms with Crippen LogP contribution in [0, 0.1) is 25.5 Å². The number of ether oxygens (including phenoxy) is 1. The molecule has 4 rings (SSSR count). The van der Waals surface area contributed by atoms with Crippen molar-refractivity contribution in [3.05, 3.63) is 94.7 Å². The molecule has 0 bridgehead atoms. The molecule has 0 aromatic heterocycles. The molecule has 2 amide bonds. The van der Waals surface area contributed by atoms with Gasteiger partial charge >= 0.3 is 0 Å². The van der Waals surface area contributed by atoms with Gasteiger partial charge in [0.15, 0.2) is 11.6 Å². The van der Waals surface area contributed by atoms with Gasteiger partial charge in [-0.2, -0.15) is 0 Å². The van der Waals surface area contributed by atoms with E-state index in [-0.39, 0.29) is 17.0 Å². The number of amides is 2. The predicted molar refractivity (Wildman–Crippen MR) is 118 cm³/mol. The van der Waals surface area contributed by atoms with Gasteiger partial charge in [0.05, 0.1) is 18.4 Å². The summed E-state index contributed by atoms with van der Waals surface area (Å²) >= 11 is 0. The zero-order chi connectivity index (χ0) is 23.0. The van der Waals surface area contributed by atoms with Crippen LogP contribution in [0.3, 0.4) is 0 Å². The average molecular weight is 434 g/mol. The highest BCUT2D eigenvalue weighted by Crippen LogP contribution is 2.35. The molecular formula is C25H20F2N2O3. The third-order valence-electron chi connectivity index (χ3n) is 5.40. The lowest BCUT2D eigenvalue weighted by Gasteiger charge is -2.16. The van der Waals surface area contributed by atoms with Crippen LogP contribution in [0.5, 0.6) is 5.75 Å². The third-order valence-corrected chi connectivity index (χ3v) is 5.40. The molecule has 3 aromatic carbocycles. The van der Waals surface area contributed by atoms with Crippen molar-refractivity contribution < 1.29 is 23.1 Å². The average Bonchev–Trinajstić information content (AvgIpc) is 3.02. The van der Waals surface area contributed by atoms with Crippen LogP contribution >= 0.6 is 0 Å². The van der Waals surface area contributed by atoms with Gasteiger partial charge in [-0.25, -0.2) is 13.7 Å². The Kier molecular flexibility index (Phi) is 5.48. The number of halogens is 2. The molecule has 7 heteroatoms. The largest absolute Gasteiger partial charge is 0.497 e. The lowest BCUT2D eigenvalue weighted by molar-refractivity contribution is -0.120. The summed E-state index contributed by atoms with van der Waals surface area (Å²) in [7, 11) is 1.52. The first-order valence-corrected chi connectivity index (χ1v) is 9.87. The fourth-order valence-corrected chi connectivity index (χ4v) is 3.49. The minimum Gasteiger partial charge on any atom is -0.497 e. The quantitative estimate of drug-likeness (QED) is 0.575. The molecule has 162 valence electrons. The molecule has 0 spiro atoms. The summed E-state index contributed by atoms with van der Waals surface area (Å²) in [5.41, 5.74) is 3.19. The number of carbonyl (C=O) groups is 2. The maximum absolute atomic E-state index is 13.8. The Morgan fingerprint density at radius 2 is 1.53 bits per heavy atom. The van der Waals surface area contributed by atoms with Crippen LogP contribution in [-0.4, -0.2) is 18.9 Å². The standard InChI is InChI=1S/C25H20F2N2O3/c1-14-4-5-16(12-15(14)2)22-23(28-17-6-11-20(26)21(27)13-17)25(31)29(24(22)30)18-7-9-19(32-3)10-8-18/h4-13,28H,1-3H3. The number of hydrogen-bond donors (Lipinski definition) is 1. The Hall–Kier alpha value is -4.00. The molecule has 0 aliphatic carbocycles. The highest BCUT2D eigenvalue weighted by molar-refractivity contribution is 6.46.